The molecule has 7 nitrogen and oxygen atoms in total. The van der Waals surface area contributed by atoms with Crippen LogP contribution in [0.2, 0.25) is 5.15 Å². The smallest absolute Gasteiger partial charge is 0.407 e. The van der Waals surface area contributed by atoms with Gasteiger partial charge in [0.05, 0.1) is 0 Å². The first-order valence-electron chi connectivity index (χ1n) is 7.22. The number of carbonyl (C=O) groups is 1. The predicted molar refractivity (Wildman–Crippen MR) is 86.3 cm³/mol. The Morgan fingerprint density at radius 2 is 2.23 bits per heavy atom. The molecule has 0 spiro atoms. The molecule has 1 aliphatic heterocycles. The van der Waals surface area contributed by atoms with Crippen LogP contribution in [0.5, 0.6) is 0 Å². The lowest BCUT2D eigenvalue weighted by Gasteiger charge is -2.35. The van der Waals surface area contributed by atoms with Crippen LogP contribution in [0, 0.1) is 5.92 Å². The summed E-state index contributed by atoms with van der Waals surface area (Å²) in [5.74, 6) is 1.09. The topological polar surface area (TPSA) is 95.6 Å². The highest BCUT2D eigenvalue weighted by Gasteiger charge is 2.32. The van der Waals surface area contributed by atoms with Gasteiger partial charge in [0.15, 0.2) is 0 Å². The number of nitrogens with zero attached hydrogens (tertiary/aromatic N) is 4. The van der Waals surface area contributed by atoms with E-state index in [1.807, 2.05) is 20.8 Å². The van der Waals surface area contributed by atoms with Gasteiger partial charge in [0.1, 0.15) is 11.0 Å². The molecule has 3 N–H and O–H groups in total. The summed E-state index contributed by atoms with van der Waals surface area (Å²) in [7, 11) is 0. The van der Waals surface area contributed by atoms with Gasteiger partial charge in [-0.3, -0.25) is 0 Å². The Bertz CT molecular complexity index is 540. The van der Waals surface area contributed by atoms with Crippen LogP contribution >= 0.6 is 11.6 Å². The van der Waals surface area contributed by atoms with Gasteiger partial charge in [0.2, 0.25) is 5.95 Å². The number of anilines is 2. The highest BCUT2D eigenvalue weighted by atomic mass is 35.5. The number of amides is 1. The van der Waals surface area contributed by atoms with Crippen molar-refractivity contribution in [1.82, 2.24) is 14.9 Å². The van der Waals surface area contributed by atoms with Crippen molar-refractivity contribution in [2.45, 2.75) is 32.7 Å². The van der Waals surface area contributed by atoms with Gasteiger partial charge < -0.3 is 20.6 Å². The minimum atomic E-state index is -0.889. The maximum Gasteiger partial charge on any atom is 0.407 e. The van der Waals surface area contributed by atoms with Crippen molar-refractivity contribution in [3.05, 3.63) is 11.2 Å². The molecule has 2 heterocycles. The van der Waals surface area contributed by atoms with E-state index < -0.39 is 11.6 Å². The van der Waals surface area contributed by atoms with Gasteiger partial charge in [0, 0.05) is 31.2 Å². The normalized spacial score (nSPS) is 18.5. The summed E-state index contributed by atoms with van der Waals surface area (Å²) < 4.78 is 0. The monoisotopic (exact) mass is 327 g/mol. The fourth-order valence-electron chi connectivity index (χ4n) is 2.67. The molecule has 1 aromatic rings. The summed E-state index contributed by atoms with van der Waals surface area (Å²) in [6.07, 6.45) is 0.0155. The van der Waals surface area contributed by atoms with Crippen LogP contribution in [0.4, 0.5) is 16.6 Å². The fourth-order valence-corrected chi connectivity index (χ4v) is 2.86. The fraction of sp³-hybridized carbons (Fsp3) is 0.643. The predicted octanol–water partition coefficient (Wildman–Crippen LogP) is 2.32. The zero-order valence-corrected chi connectivity index (χ0v) is 13.8. The molecule has 0 aromatic carbocycles. The Kier molecular flexibility index (Phi) is 4.65. The Balaban J connectivity index is 2.05. The van der Waals surface area contributed by atoms with Crippen molar-refractivity contribution in [2.75, 3.05) is 30.3 Å². The molecule has 8 heteroatoms. The van der Waals surface area contributed by atoms with Crippen LogP contribution in [-0.2, 0) is 0 Å². The van der Waals surface area contributed by atoms with Gasteiger partial charge in [-0.25, -0.2) is 9.78 Å². The molecule has 0 bridgehead atoms. The molecule has 0 unspecified atom stereocenters. The quantitative estimate of drug-likeness (QED) is 0.827. The number of carboxylic acid groups (broad SMARTS) is 1. The van der Waals surface area contributed by atoms with E-state index in [4.69, 9.17) is 17.3 Å². The molecular weight excluding hydrogens is 306 g/mol. The van der Waals surface area contributed by atoms with Crippen LogP contribution < -0.4 is 10.6 Å². The molecule has 1 atom stereocenters. The number of rotatable bonds is 3. The van der Waals surface area contributed by atoms with Crippen molar-refractivity contribution in [1.29, 1.82) is 0 Å². The molecule has 22 heavy (non-hydrogen) atoms. The standard InChI is InChI=1S/C14H22ClN5O2/c1-14(2,3)20(13(21)22)8-9-4-5-19(7-9)11-6-10(15)17-12(16)18-11/h6,9H,4-5,7-8H2,1-3H3,(H,21,22)(H2,16,17,18)/t9-/m1/s1. The van der Waals surface area contributed by atoms with E-state index in [1.165, 1.54) is 4.90 Å². The number of hydrogen-bond acceptors (Lipinski definition) is 5. The number of nitrogens with two attached hydrogens (primary N) is 1. The van der Waals surface area contributed by atoms with Crippen molar-refractivity contribution < 1.29 is 9.90 Å². The van der Waals surface area contributed by atoms with Crippen LogP contribution in [-0.4, -0.2) is 51.2 Å². The second-order valence-electron chi connectivity index (χ2n) is 6.57. The van der Waals surface area contributed by atoms with Crippen molar-refractivity contribution in [2.24, 2.45) is 5.92 Å². The zero-order chi connectivity index (χ0) is 16.5. The average Bonchev–Trinajstić information content (AvgIpc) is 2.81. The average molecular weight is 328 g/mol. The third kappa shape index (κ3) is 3.91. The van der Waals surface area contributed by atoms with E-state index in [9.17, 15) is 9.90 Å². The molecular formula is C14H22ClN5O2. The van der Waals surface area contributed by atoms with E-state index >= 15 is 0 Å². The van der Waals surface area contributed by atoms with Crippen LogP contribution in [0.15, 0.2) is 6.07 Å². The number of aromatic nitrogens is 2. The maximum atomic E-state index is 11.4. The Morgan fingerprint density at radius 3 is 2.77 bits per heavy atom. The largest absolute Gasteiger partial charge is 0.465 e. The summed E-state index contributed by atoms with van der Waals surface area (Å²) in [5, 5.41) is 9.70. The van der Waals surface area contributed by atoms with Gasteiger partial charge in [-0.15, -0.1) is 0 Å². The number of halogens is 1. The molecule has 122 valence electrons. The summed E-state index contributed by atoms with van der Waals surface area (Å²) in [4.78, 5) is 23.0. The summed E-state index contributed by atoms with van der Waals surface area (Å²) in [6.45, 7) is 7.74. The zero-order valence-electron chi connectivity index (χ0n) is 13.1. The molecule has 1 aliphatic rings. The van der Waals surface area contributed by atoms with E-state index in [-0.39, 0.29) is 11.9 Å². The third-order valence-corrected chi connectivity index (χ3v) is 3.98. The lowest BCUT2D eigenvalue weighted by Crippen LogP contribution is -2.47. The molecule has 0 saturated carbocycles. The summed E-state index contributed by atoms with van der Waals surface area (Å²) in [5.41, 5.74) is 5.21. The minimum absolute atomic E-state index is 0.146. The summed E-state index contributed by atoms with van der Waals surface area (Å²) >= 11 is 5.91. The van der Waals surface area contributed by atoms with E-state index in [1.54, 1.807) is 6.07 Å². The van der Waals surface area contributed by atoms with Crippen LogP contribution in [0.1, 0.15) is 27.2 Å². The van der Waals surface area contributed by atoms with Gasteiger partial charge >= 0.3 is 6.09 Å². The van der Waals surface area contributed by atoms with Crippen LogP contribution in [0.3, 0.4) is 0 Å². The summed E-state index contributed by atoms with van der Waals surface area (Å²) in [6, 6.07) is 1.68. The number of hydrogen-bond donors (Lipinski definition) is 2. The second kappa shape index (κ2) is 6.16. The molecule has 1 aromatic heterocycles. The third-order valence-electron chi connectivity index (χ3n) is 3.79. The lowest BCUT2D eigenvalue weighted by molar-refractivity contribution is 0.0908. The highest BCUT2D eigenvalue weighted by molar-refractivity contribution is 6.29. The first kappa shape index (κ1) is 16.6. The van der Waals surface area contributed by atoms with Crippen molar-refractivity contribution >= 4 is 29.5 Å². The molecule has 1 fully saturated rings. The molecule has 1 saturated heterocycles. The van der Waals surface area contributed by atoms with Gasteiger partial charge in [-0.05, 0) is 33.1 Å². The van der Waals surface area contributed by atoms with E-state index in [0.29, 0.717) is 17.5 Å². The van der Waals surface area contributed by atoms with Gasteiger partial charge in [-0.1, -0.05) is 11.6 Å². The van der Waals surface area contributed by atoms with E-state index in [2.05, 4.69) is 14.9 Å². The van der Waals surface area contributed by atoms with Gasteiger partial charge in [-0.2, -0.15) is 4.98 Å². The first-order chi connectivity index (χ1) is 10.2. The molecule has 1 amide bonds. The Labute approximate surface area is 135 Å². The Hall–Kier alpha value is -1.76. The number of nitrogen functional groups attached to an aromatic ring is 1. The van der Waals surface area contributed by atoms with E-state index in [0.717, 1.165) is 19.5 Å². The molecule has 2 rings (SSSR count). The molecule has 0 radical (unpaired) electrons. The van der Waals surface area contributed by atoms with Crippen molar-refractivity contribution in [3.8, 4) is 0 Å². The van der Waals surface area contributed by atoms with Crippen LogP contribution in [0.25, 0.3) is 0 Å². The second-order valence-corrected chi connectivity index (χ2v) is 6.96. The minimum Gasteiger partial charge on any atom is -0.465 e. The Morgan fingerprint density at radius 1 is 1.55 bits per heavy atom. The lowest BCUT2D eigenvalue weighted by atomic mass is 10.0. The van der Waals surface area contributed by atoms with Crippen molar-refractivity contribution in [3.63, 3.8) is 0 Å². The molecule has 0 aliphatic carbocycles. The highest BCUT2D eigenvalue weighted by Crippen LogP contribution is 2.26. The maximum absolute atomic E-state index is 11.4. The SMILES string of the molecule is CC(C)(C)N(C[C@@H]1CCN(c2cc(Cl)nc(N)n2)C1)C(=O)O. The first-order valence-corrected chi connectivity index (χ1v) is 7.60. The van der Waals surface area contributed by atoms with Gasteiger partial charge in [0.25, 0.3) is 0 Å².